The van der Waals surface area contributed by atoms with E-state index in [-0.39, 0.29) is 5.41 Å². The minimum absolute atomic E-state index is 0.291. The van der Waals surface area contributed by atoms with E-state index in [0.717, 1.165) is 0 Å². The minimum Gasteiger partial charge on any atom is -0.379 e. The molecule has 0 bridgehead atoms. The van der Waals surface area contributed by atoms with Gasteiger partial charge in [0.25, 0.3) is 11.8 Å². The molecule has 2 heterocycles. The van der Waals surface area contributed by atoms with Gasteiger partial charge in [0, 0.05) is 5.56 Å². The van der Waals surface area contributed by atoms with Crippen LogP contribution >= 0.6 is 0 Å². The van der Waals surface area contributed by atoms with E-state index < -0.39 is 11.8 Å². The molecule has 7 heteroatoms. The summed E-state index contributed by atoms with van der Waals surface area (Å²) < 4.78 is 10.1. The van der Waals surface area contributed by atoms with E-state index >= 15 is 0 Å². The number of carbonyl (C=O) groups is 2. The Bertz CT molecular complexity index is 692. The average molecular weight is 301 g/mol. The van der Waals surface area contributed by atoms with E-state index in [1.165, 1.54) is 6.26 Å². The standard InChI is InChI=1S/C15H15N3O4/c1-15(8-21-9-15)12-11(7-22-18-12)14(20)17-16-13(19)10-5-3-2-4-6-10/h2-7H,8-9H2,1H3,(H,16,19)(H,17,20). The van der Waals surface area contributed by atoms with Crippen molar-refractivity contribution < 1.29 is 18.8 Å². The highest BCUT2D eigenvalue weighted by Crippen LogP contribution is 2.32. The molecule has 0 saturated carbocycles. The van der Waals surface area contributed by atoms with Gasteiger partial charge < -0.3 is 9.26 Å². The third kappa shape index (κ3) is 2.58. The summed E-state index contributed by atoms with van der Waals surface area (Å²) in [5.41, 5.74) is 5.67. The summed E-state index contributed by atoms with van der Waals surface area (Å²) in [7, 11) is 0. The van der Waals surface area contributed by atoms with Crippen LogP contribution in [-0.4, -0.2) is 30.2 Å². The van der Waals surface area contributed by atoms with Crippen molar-refractivity contribution in [3.63, 3.8) is 0 Å². The third-order valence-electron chi connectivity index (χ3n) is 3.55. The molecule has 2 amide bonds. The second-order valence-corrected chi connectivity index (χ2v) is 5.40. The molecule has 1 aliphatic rings. The molecule has 1 aromatic heterocycles. The Morgan fingerprint density at radius 2 is 1.82 bits per heavy atom. The topological polar surface area (TPSA) is 93.5 Å². The van der Waals surface area contributed by atoms with Gasteiger partial charge in [-0.2, -0.15) is 0 Å². The predicted octanol–water partition coefficient (Wildman–Crippen LogP) is 1.04. The van der Waals surface area contributed by atoms with Crippen molar-refractivity contribution in [2.75, 3.05) is 13.2 Å². The molecule has 0 aliphatic carbocycles. The van der Waals surface area contributed by atoms with Crippen LogP contribution in [0.1, 0.15) is 33.3 Å². The zero-order valence-corrected chi connectivity index (χ0v) is 12.0. The molecule has 7 nitrogen and oxygen atoms in total. The van der Waals surface area contributed by atoms with Crippen LogP contribution in [0.4, 0.5) is 0 Å². The molecule has 0 unspecified atom stereocenters. The van der Waals surface area contributed by atoms with Crippen LogP contribution in [0.3, 0.4) is 0 Å². The first-order chi connectivity index (χ1) is 10.6. The fourth-order valence-corrected chi connectivity index (χ4v) is 2.22. The summed E-state index contributed by atoms with van der Waals surface area (Å²) in [6.07, 6.45) is 1.27. The van der Waals surface area contributed by atoms with Gasteiger partial charge in [0.2, 0.25) is 0 Å². The van der Waals surface area contributed by atoms with E-state index in [1.807, 2.05) is 6.92 Å². The van der Waals surface area contributed by atoms with Gasteiger partial charge in [-0.05, 0) is 19.1 Å². The van der Waals surface area contributed by atoms with Crippen molar-refractivity contribution >= 4 is 11.8 Å². The zero-order chi connectivity index (χ0) is 15.6. The highest BCUT2D eigenvalue weighted by atomic mass is 16.5. The van der Waals surface area contributed by atoms with Crippen LogP contribution < -0.4 is 10.9 Å². The van der Waals surface area contributed by atoms with Crippen LogP contribution in [-0.2, 0) is 10.2 Å². The number of aromatic nitrogens is 1. The molecule has 114 valence electrons. The molecule has 0 spiro atoms. The summed E-state index contributed by atoms with van der Waals surface area (Å²) in [5, 5.41) is 3.89. The Hall–Kier alpha value is -2.67. The number of hydrazine groups is 1. The SMILES string of the molecule is CC1(c2nocc2C(=O)NNC(=O)c2ccccc2)COC1. The van der Waals surface area contributed by atoms with Gasteiger partial charge in [0.1, 0.15) is 17.5 Å². The van der Waals surface area contributed by atoms with Crippen LogP contribution in [0, 0.1) is 0 Å². The number of benzene rings is 1. The number of rotatable bonds is 3. The summed E-state index contributed by atoms with van der Waals surface area (Å²) in [5.74, 6) is -0.876. The number of nitrogens with zero attached hydrogens (tertiary/aromatic N) is 1. The van der Waals surface area contributed by atoms with Crippen molar-refractivity contribution in [1.29, 1.82) is 0 Å². The zero-order valence-electron chi connectivity index (χ0n) is 12.0. The molecule has 22 heavy (non-hydrogen) atoms. The lowest BCUT2D eigenvalue weighted by Gasteiger charge is -2.36. The molecule has 1 saturated heterocycles. The van der Waals surface area contributed by atoms with Crippen LogP contribution in [0.15, 0.2) is 41.1 Å². The molecule has 0 radical (unpaired) electrons. The largest absolute Gasteiger partial charge is 0.379 e. The molecule has 1 fully saturated rings. The third-order valence-corrected chi connectivity index (χ3v) is 3.55. The number of hydrogen-bond acceptors (Lipinski definition) is 5. The molecule has 1 aromatic carbocycles. The normalized spacial score (nSPS) is 15.7. The molecule has 3 rings (SSSR count). The number of nitrogens with one attached hydrogen (secondary N) is 2. The first-order valence-electron chi connectivity index (χ1n) is 6.78. The van der Waals surface area contributed by atoms with Crippen molar-refractivity contribution in [1.82, 2.24) is 16.0 Å². The van der Waals surface area contributed by atoms with Crippen LogP contribution in [0.2, 0.25) is 0 Å². The summed E-state index contributed by atoms with van der Waals surface area (Å²) >= 11 is 0. The van der Waals surface area contributed by atoms with Gasteiger partial charge in [0.05, 0.1) is 18.6 Å². The Morgan fingerprint density at radius 3 is 2.45 bits per heavy atom. The Morgan fingerprint density at radius 1 is 1.14 bits per heavy atom. The molecule has 1 aliphatic heterocycles. The van der Waals surface area contributed by atoms with Crippen molar-refractivity contribution in [3.05, 3.63) is 53.4 Å². The van der Waals surface area contributed by atoms with Gasteiger partial charge >= 0.3 is 0 Å². The summed E-state index contributed by atoms with van der Waals surface area (Å²) in [6, 6.07) is 8.59. The Labute approximate surface area is 126 Å². The molecule has 0 atom stereocenters. The fraction of sp³-hybridized carbons (Fsp3) is 0.267. The Kier molecular flexibility index (Phi) is 3.64. The minimum atomic E-state index is -0.478. The van der Waals surface area contributed by atoms with Crippen molar-refractivity contribution in [2.24, 2.45) is 0 Å². The quantitative estimate of drug-likeness (QED) is 0.826. The lowest BCUT2D eigenvalue weighted by atomic mass is 9.83. The van der Waals surface area contributed by atoms with E-state index in [0.29, 0.717) is 30.0 Å². The van der Waals surface area contributed by atoms with E-state index in [2.05, 4.69) is 16.0 Å². The summed E-state index contributed by atoms with van der Waals surface area (Å²) in [4.78, 5) is 24.1. The molecule has 2 aromatic rings. The van der Waals surface area contributed by atoms with Crippen LogP contribution in [0.5, 0.6) is 0 Å². The number of amides is 2. The maximum atomic E-state index is 12.2. The maximum Gasteiger partial charge on any atom is 0.274 e. The average Bonchev–Trinajstić information content (AvgIpc) is 3.00. The molecular formula is C15H15N3O4. The first kappa shape index (κ1) is 14.3. The van der Waals surface area contributed by atoms with Gasteiger partial charge in [-0.1, -0.05) is 23.4 Å². The molecule has 2 N–H and O–H groups in total. The van der Waals surface area contributed by atoms with Crippen molar-refractivity contribution in [3.8, 4) is 0 Å². The van der Waals surface area contributed by atoms with Gasteiger partial charge in [-0.15, -0.1) is 0 Å². The number of carbonyl (C=O) groups excluding carboxylic acids is 2. The van der Waals surface area contributed by atoms with E-state index in [4.69, 9.17) is 9.26 Å². The van der Waals surface area contributed by atoms with Crippen LogP contribution in [0.25, 0.3) is 0 Å². The lowest BCUT2D eigenvalue weighted by Crippen LogP contribution is -2.47. The Balaban J connectivity index is 1.66. The second kappa shape index (κ2) is 5.61. The monoisotopic (exact) mass is 301 g/mol. The van der Waals surface area contributed by atoms with E-state index in [1.54, 1.807) is 30.3 Å². The van der Waals surface area contributed by atoms with Gasteiger partial charge in [0.15, 0.2) is 0 Å². The first-order valence-corrected chi connectivity index (χ1v) is 6.78. The van der Waals surface area contributed by atoms with Gasteiger partial charge in [-0.25, -0.2) is 0 Å². The highest BCUT2D eigenvalue weighted by molar-refractivity contribution is 5.99. The number of hydrogen-bond donors (Lipinski definition) is 2. The maximum absolute atomic E-state index is 12.2. The van der Waals surface area contributed by atoms with Crippen molar-refractivity contribution in [2.45, 2.75) is 12.3 Å². The van der Waals surface area contributed by atoms with E-state index in [9.17, 15) is 9.59 Å². The lowest BCUT2D eigenvalue weighted by molar-refractivity contribution is -0.0534. The summed E-state index contributed by atoms with van der Waals surface area (Å²) in [6.45, 7) is 2.90. The highest BCUT2D eigenvalue weighted by Gasteiger charge is 2.41. The second-order valence-electron chi connectivity index (χ2n) is 5.40. The smallest absolute Gasteiger partial charge is 0.274 e. The predicted molar refractivity (Wildman–Crippen MR) is 76.0 cm³/mol. The number of ether oxygens (including phenoxy) is 1. The van der Waals surface area contributed by atoms with Gasteiger partial charge in [-0.3, -0.25) is 20.4 Å². The fourth-order valence-electron chi connectivity index (χ4n) is 2.22. The molecular weight excluding hydrogens is 286 g/mol.